The van der Waals surface area contributed by atoms with Crippen molar-refractivity contribution in [3.8, 4) is 0 Å². The molecule has 4 heteroatoms. The normalized spacial score (nSPS) is 10.9. The fourth-order valence-electron chi connectivity index (χ4n) is 2.25. The average molecular weight is 334 g/mol. The van der Waals surface area contributed by atoms with E-state index >= 15 is 0 Å². The van der Waals surface area contributed by atoms with E-state index in [2.05, 4.69) is 44.9 Å². The number of anilines is 1. The van der Waals surface area contributed by atoms with Gasteiger partial charge < -0.3 is 5.73 Å². The lowest BCUT2D eigenvalue weighted by atomic mass is 10.1. The highest BCUT2D eigenvalue weighted by atomic mass is 79.9. The standard InChI is InChI=1S/C16H20BrN3/c1-2-7-20(11-13-8-15(17)10-19-9-13)12-14-5-3-4-6-16(14)18/h3-6,8-10H,2,7,11-12,18H2,1H3. The van der Waals surface area contributed by atoms with Crippen LogP contribution in [0.25, 0.3) is 0 Å². The first kappa shape index (κ1) is 15.0. The van der Waals surface area contributed by atoms with Crippen molar-refractivity contribution in [2.24, 2.45) is 0 Å². The minimum absolute atomic E-state index is 0.862. The van der Waals surface area contributed by atoms with Gasteiger partial charge in [0.25, 0.3) is 0 Å². The molecule has 2 N–H and O–H groups in total. The van der Waals surface area contributed by atoms with Crippen molar-refractivity contribution in [2.75, 3.05) is 12.3 Å². The second-order valence-electron chi connectivity index (χ2n) is 4.92. The number of halogens is 1. The number of benzene rings is 1. The first-order valence-corrected chi connectivity index (χ1v) is 7.63. The molecule has 2 aromatic rings. The largest absolute Gasteiger partial charge is 0.398 e. The number of rotatable bonds is 6. The molecule has 0 aliphatic rings. The van der Waals surface area contributed by atoms with Gasteiger partial charge in [-0.05, 0) is 52.2 Å². The van der Waals surface area contributed by atoms with Crippen LogP contribution in [0.1, 0.15) is 24.5 Å². The molecule has 3 nitrogen and oxygen atoms in total. The third-order valence-electron chi connectivity index (χ3n) is 3.16. The summed E-state index contributed by atoms with van der Waals surface area (Å²) in [7, 11) is 0. The molecule has 0 aliphatic carbocycles. The summed E-state index contributed by atoms with van der Waals surface area (Å²) in [4.78, 5) is 6.62. The molecular weight excluding hydrogens is 314 g/mol. The van der Waals surface area contributed by atoms with Crippen LogP contribution < -0.4 is 5.73 Å². The molecule has 0 unspecified atom stereocenters. The van der Waals surface area contributed by atoms with Gasteiger partial charge >= 0.3 is 0 Å². The third-order valence-corrected chi connectivity index (χ3v) is 3.59. The molecule has 0 aliphatic heterocycles. The van der Waals surface area contributed by atoms with Gasteiger partial charge in [-0.2, -0.15) is 0 Å². The molecule has 0 saturated carbocycles. The lowest BCUT2D eigenvalue weighted by Crippen LogP contribution is -2.24. The highest BCUT2D eigenvalue weighted by Gasteiger charge is 2.08. The Morgan fingerprint density at radius 3 is 2.70 bits per heavy atom. The molecule has 0 fully saturated rings. The van der Waals surface area contributed by atoms with Crippen LogP contribution in [-0.2, 0) is 13.1 Å². The Hall–Kier alpha value is -1.39. The van der Waals surface area contributed by atoms with E-state index in [1.807, 2.05) is 30.6 Å². The first-order chi connectivity index (χ1) is 9.69. The quantitative estimate of drug-likeness (QED) is 0.816. The van der Waals surface area contributed by atoms with Crippen LogP contribution in [-0.4, -0.2) is 16.4 Å². The molecule has 0 spiro atoms. The Balaban J connectivity index is 2.09. The van der Waals surface area contributed by atoms with Gasteiger partial charge in [0.1, 0.15) is 0 Å². The van der Waals surface area contributed by atoms with Crippen LogP contribution in [0.15, 0.2) is 47.2 Å². The van der Waals surface area contributed by atoms with E-state index in [0.29, 0.717) is 0 Å². The monoisotopic (exact) mass is 333 g/mol. The summed E-state index contributed by atoms with van der Waals surface area (Å²) < 4.78 is 1.02. The van der Waals surface area contributed by atoms with Crippen LogP contribution in [0, 0.1) is 0 Å². The number of nitrogens with two attached hydrogens (primary N) is 1. The lowest BCUT2D eigenvalue weighted by Gasteiger charge is -2.22. The SMILES string of the molecule is CCCN(Cc1cncc(Br)c1)Cc1ccccc1N. The maximum atomic E-state index is 6.04. The Kier molecular flexibility index (Phi) is 5.56. The van der Waals surface area contributed by atoms with E-state index in [-0.39, 0.29) is 0 Å². The van der Waals surface area contributed by atoms with Gasteiger partial charge in [-0.3, -0.25) is 9.88 Å². The molecule has 0 amide bonds. The predicted molar refractivity (Wildman–Crippen MR) is 87.2 cm³/mol. The van der Waals surface area contributed by atoms with Gasteiger partial charge in [-0.15, -0.1) is 0 Å². The summed E-state index contributed by atoms with van der Waals surface area (Å²) >= 11 is 3.47. The molecule has 1 aromatic carbocycles. The zero-order chi connectivity index (χ0) is 14.4. The number of hydrogen-bond donors (Lipinski definition) is 1. The van der Waals surface area contributed by atoms with Crippen LogP contribution in [0.3, 0.4) is 0 Å². The number of aromatic nitrogens is 1. The lowest BCUT2D eigenvalue weighted by molar-refractivity contribution is 0.257. The van der Waals surface area contributed by atoms with Crippen LogP contribution in [0.4, 0.5) is 5.69 Å². The van der Waals surface area contributed by atoms with Crippen molar-refractivity contribution < 1.29 is 0 Å². The van der Waals surface area contributed by atoms with E-state index < -0.39 is 0 Å². The molecular formula is C16H20BrN3. The number of pyridine rings is 1. The smallest absolute Gasteiger partial charge is 0.0410 e. The molecule has 0 saturated heterocycles. The predicted octanol–water partition coefficient (Wildman–Crippen LogP) is 3.84. The fourth-order valence-corrected chi connectivity index (χ4v) is 2.66. The summed E-state index contributed by atoms with van der Waals surface area (Å²) in [5, 5.41) is 0. The van der Waals surface area contributed by atoms with Gasteiger partial charge in [0.2, 0.25) is 0 Å². The maximum Gasteiger partial charge on any atom is 0.0410 e. The maximum absolute atomic E-state index is 6.04. The Morgan fingerprint density at radius 2 is 2.00 bits per heavy atom. The van der Waals surface area contributed by atoms with Gasteiger partial charge in [0.05, 0.1) is 0 Å². The first-order valence-electron chi connectivity index (χ1n) is 6.84. The summed E-state index contributed by atoms with van der Waals surface area (Å²) in [6, 6.07) is 10.2. The Morgan fingerprint density at radius 1 is 1.20 bits per heavy atom. The van der Waals surface area contributed by atoms with Crippen molar-refractivity contribution in [1.82, 2.24) is 9.88 Å². The average Bonchev–Trinajstić information content (AvgIpc) is 2.42. The van der Waals surface area contributed by atoms with Crippen molar-refractivity contribution >= 4 is 21.6 Å². The minimum atomic E-state index is 0.862. The van der Waals surface area contributed by atoms with Crippen LogP contribution in [0.5, 0.6) is 0 Å². The highest BCUT2D eigenvalue weighted by molar-refractivity contribution is 9.10. The van der Waals surface area contributed by atoms with E-state index in [1.165, 1.54) is 11.1 Å². The van der Waals surface area contributed by atoms with Gasteiger partial charge in [0, 0.05) is 35.6 Å². The topological polar surface area (TPSA) is 42.2 Å². The number of hydrogen-bond acceptors (Lipinski definition) is 3. The summed E-state index contributed by atoms with van der Waals surface area (Å²) in [5.41, 5.74) is 9.29. The second kappa shape index (κ2) is 7.41. The van der Waals surface area contributed by atoms with Gasteiger partial charge in [-0.25, -0.2) is 0 Å². The van der Waals surface area contributed by atoms with E-state index in [4.69, 9.17) is 5.73 Å². The van der Waals surface area contributed by atoms with Gasteiger partial charge in [-0.1, -0.05) is 25.1 Å². The fraction of sp³-hybridized carbons (Fsp3) is 0.312. The number of nitrogens with zero attached hydrogens (tertiary/aromatic N) is 2. The molecule has 2 rings (SSSR count). The zero-order valence-corrected chi connectivity index (χ0v) is 13.3. The van der Waals surface area contributed by atoms with E-state index in [9.17, 15) is 0 Å². The minimum Gasteiger partial charge on any atom is -0.398 e. The van der Waals surface area contributed by atoms with Gasteiger partial charge in [0.15, 0.2) is 0 Å². The number of para-hydroxylation sites is 1. The van der Waals surface area contributed by atoms with Crippen LogP contribution >= 0.6 is 15.9 Å². The summed E-state index contributed by atoms with van der Waals surface area (Å²) in [6.45, 7) is 4.99. The summed E-state index contributed by atoms with van der Waals surface area (Å²) in [6.07, 6.45) is 4.85. The van der Waals surface area contributed by atoms with Crippen molar-refractivity contribution in [3.63, 3.8) is 0 Å². The molecule has 0 bridgehead atoms. The Bertz CT molecular complexity index is 557. The highest BCUT2D eigenvalue weighted by Crippen LogP contribution is 2.17. The molecule has 1 heterocycles. The molecule has 1 aromatic heterocycles. The second-order valence-corrected chi connectivity index (χ2v) is 5.84. The van der Waals surface area contributed by atoms with Crippen molar-refractivity contribution in [1.29, 1.82) is 0 Å². The zero-order valence-electron chi connectivity index (χ0n) is 11.7. The van der Waals surface area contributed by atoms with E-state index in [0.717, 1.165) is 36.2 Å². The van der Waals surface area contributed by atoms with E-state index in [1.54, 1.807) is 0 Å². The van der Waals surface area contributed by atoms with Crippen molar-refractivity contribution in [2.45, 2.75) is 26.4 Å². The van der Waals surface area contributed by atoms with Crippen molar-refractivity contribution in [3.05, 3.63) is 58.3 Å². The number of nitrogen functional groups attached to an aromatic ring is 1. The Labute approximate surface area is 129 Å². The third kappa shape index (κ3) is 4.32. The molecule has 0 atom stereocenters. The molecule has 106 valence electrons. The summed E-state index contributed by atoms with van der Waals surface area (Å²) in [5.74, 6) is 0. The van der Waals surface area contributed by atoms with Crippen LogP contribution in [0.2, 0.25) is 0 Å². The molecule has 0 radical (unpaired) electrons. The molecule has 20 heavy (non-hydrogen) atoms.